The summed E-state index contributed by atoms with van der Waals surface area (Å²) in [6, 6.07) is 8.15. The summed E-state index contributed by atoms with van der Waals surface area (Å²) in [7, 11) is 0. The fraction of sp³-hybridized carbons (Fsp3) is 0.182. The molecule has 0 aliphatic rings. The lowest BCUT2D eigenvalue weighted by Gasteiger charge is -1.97. The van der Waals surface area contributed by atoms with E-state index in [0.29, 0.717) is 5.15 Å². The minimum atomic E-state index is 0.603. The summed E-state index contributed by atoms with van der Waals surface area (Å²) in [5.74, 6) is 0.838. The van der Waals surface area contributed by atoms with E-state index >= 15 is 0 Å². The zero-order valence-corrected chi connectivity index (χ0v) is 8.89. The van der Waals surface area contributed by atoms with Gasteiger partial charge in [0.2, 0.25) is 0 Å². The van der Waals surface area contributed by atoms with Crippen LogP contribution in [-0.2, 0) is 0 Å². The second-order valence-corrected chi connectivity index (χ2v) is 3.73. The molecule has 2 nitrogen and oxygen atoms in total. The van der Waals surface area contributed by atoms with Crippen molar-refractivity contribution in [3.05, 3.63) is 40.8 Å². The average molecular weight is 207 g/mol. The van der Waals surface area contributed by atoms with E-state index in [1.54, 1.807) is 0 Å². The molecule has 3 heteroatoms. The Balaban J connectivity index is 2.49. The summed E-state index contributed by atoms with van der Waals surface area (Å²) in [4.78, 5) is 7.30. The van der Waals surface area contributed by atoms with E-state index in [4.69, 9.17) is 11.6 Å². The average Bonchev–Trinajstić information content (AvgIpc) is 2.47. The van der Waals surface area contributed by atoms with Gasteiger partial charge in [0, 0.05) is 5.56 Å². The lowest BCUT2D eigenvalue weighted by Crippen LogP contribution is -1.79. The topological polar surface area (TPSA) is 28.7 Å². The van der Waals surface area contributed by atoms with Gasteiger partial charge in [-0.3, -0.25) is 0 Å². The van der Waals surface area contributed by atoms with Crippen LogP contribution in [0.4, 0.5) is 0 Å². The predicted molar refractivity (Wildman–Crippen MR) is 58.5 cm³/mol. The number of rotatable bonds is 1. The monoisotopic (exact) mass is 206 g/mol. The SMILES string of the molecule is Cc1ccc(-c2nc(C)[nH]c2Cl)cc1. The van der Waals surface area contributed by atoms with Crippen molar-refractivity contribution in [3.8, 4) is 11.3 Å². The maximum Gasteiger partial charge on any atom is 0.134 e. The Morgan fingerprint density at radius 2 is 1.79 bits per heavy atom. The maximum absolute atomic E-state index is 6.00. The van der Waals surface area contributed by atoms with Gasteiger partial charge in [0.25, 0.3) is 0 Å². The van der Waals surface area contributed by atoms with Crippen molar-refractivity contribution in [2.24, 2.45) is 0 Å². The van der Waals surface area contributed by atoms with Crippen LogP contribution in [0.2, 0.25) is 5.15 Å². The van der Waals surface area contributed by atoms with Gasteiger partial charge in [-0.05, 0) is 13.8 Å². The van der Waals surface area contributed by atoms with E-state index in [1.807, 2.05) is 19.1 Å². The lowest BCUT2D eigenvalue weighted by atomic mass is 10.1. The fourth-order valence-corrected chi connectivity index (χ4v) is 1.65. The van der Waals surface area contributed by atoms with Gasteiger partial charge in [0.15, 0.2) is 0 Å². The number of aromatic nitrogens is 2. The van der Waals surface area contributed by atoms with Gasteiger partial charge in [-0.25, -0.2) is 4.98 Å². The molecule has 0 unspecified atom stereocenters. The van der Waals surface area contributed by atoms with E-state index in [9.17, 15) is 0 Å². The van der Waals surface area contributed by atoms with Crippen LogP contribution in [0.3, 0.4) is 0 Å². The van der Waals surface area contributed by atoms with Crippen molar-refractivity contribution in [1.82, 2.24) is 9.97 Å². The van der Waals surface area contributed by atoms with Gasteiger partial charge in [-0.1, -0.05) is 41.4 Å². The summed E-state index contributed by atoms with van der Waals surface area (Å²) in [6.07, 6.45) is 0. The molecule has 0 aliphatic heterocycles. The first-order valence-electron chi connectivity index (χ1n) is 4.46. The van der Waals surface area contributed by atoms with Crippen molar-refractivity contribution in [2.75, 3.05) is 0 Å². The highest BCUT2D eigenvalue weighted by Gasteiger charge is 2.07. The molecule has 1 N–H and O–H groups in total. The highest BCUT2D eigenvalue weighted by Crippen LogP contribution is 2.25. The van der Waals surface area contributed by atoms with Crippen molar-refractivity contribution < 1.29 is 0 Å². The molecule has 2 rings (SSSR count). The molecule has 1 aromatic carbocycles. The van der Waals surface area contributed by atoms with E-state index in [2.05, 4.69) is 29.0 Å². The molecular weight excluding hydrogens is 196 g/mol. The highest BCUT2D eigenvalue weighted by molar-refractivity contribution is 6.31. The largest absolute Gasteiger partial charge is 0.333 e. The zero-order valence-electron chi connectivity index (χ0n) is 8.13. The molecule has 0 saturated carbocycles. The number of H-pyrrole nitrogens is 1. The third kappa shape index (κ3) is 1.66. The number of hydrogen-bond donors (Lipinski definition) is 1. The molecule has 0 saturated heterocycles. The summed E-state index contributed by atoms with van der Waals surface area (Å²) >= 11 is 6.00. The van der Waals surface area contributed by atoms with Crippen LogP contribution >= 0.6 is 11.6 Å². The predicted octanol–water partition coefficient (Wildman–Crippen LogP) is 3.35. The number of imidazole rings is 1. The van der Waals surface area contributed by atoms with Crippen LogP contribution in [-0.4, -0.2) is 9.97 Å². The Hall–Kier alpha value is -1.28. The van der Waals surface area contributed by atoms with Gasteiger partial charge in [0.05, 0.1) is 0 Å². The van der Waals surface area contributed by atoms with Crippen LogP contribution in [0.1, 0.15) is 11.4 Å². The van der Waals surface area contributed by atoms with Crippen LogP contribution in [0.5, 0.6) is 0 Å². The van der Waals surface area contributed by atoms with Crippen molar-refractivity contribution in [3.63, 3.8) is 0 Å². The summed E-state index contributed by atoms with van der Waals surface area (Å²) < 4.78 is 0. The summed E-state index contributed by atoms with van der Waals surface area (Å²) in [5, 5.41) is 0.603. The molecule has 0 fully saturated rings. The number of halogens is 1. The smallest absolute Gasteiger partial charge is 0.134 e. The van der Waals surface area contributed by atoms with Crippen molar-refractivity contribution in [2.45, 2.75) is 13.8 Å². The molecule has 1 aromatic heterocycles. The second kappa shape index (κ2) is 3.46. The molecule has 0 spiro atoms. The fourth-order valence-electron chi connectivity index (χ4n) is 1.37. The number of nitrogens with one attached hydrogen (secondary N) is 1. The van der Waals surface area contributed by atoms with Gasteiger partial charge in [-0.2, -0.15) is 0 Å². The minimum absolute atomic E-state index is 0.603. The molecule has 14 heavy (non-hydrogen) atoms. The number of benzene rings is 1. The molecule has 0 amide bonds. The molecule has 1 heterocycles. The zero-order chi connectivity index (χ0) is 10.1. The summed E-state index contributed by atoms with van der Waals surface area (Å²) in [6.45, 7) is 3.95. The third-order valence-corrected chi connectivity index (χ3v) is 2.38. The standard InChI is InChI=1S/C11H11ClN2/c1-7-3-5-9(6-4-7)10-11(12)14-8(2)13-10/h3-6H,1-2H3,(H,13,14). The number of aryl methyl sites for hydroxylation is 2. The van der Waals surface area contributed by atoms with Crippen LogP contribution in [0.15, 0.2) is 24.3 Å². The lowest BCUT2D eigenvalue weighted by molar-refractivity contribution is 1.15. The van der Waals surface area contributed by atoms with Gasteiger partial charge in [0.1, 0.15) is 16.7 Å². The first-order chi connectivity index (χ1) is 6.66. The Kier molecular flexibility index (Phi) is 2.30. The Morgan fingerprint density at radius 1 is 1.14 bits per heavy atom. The van der Waals surface area contributed by atoms with Gasteiger partial charge < -0.3 is 4.98 Å². The molecule has 0 atom stereocenters. The van der Waals surface area contributed by atoms with E-state index in [1.165, 1.54) is 5.56 Å². The van der Waals surface area contributed by atoms with E-state index in [-0.39, 0.29) is 0 Å². The number of nitrogens with zero attached hydrogens (tertiary/aromatic N) is 1. The highest BCUT2D eigenvalue weighted by atomic mass is 35.5. The van der Waals surface area contributed by atoms with Gasteiger partial charge in [-0.15, -0.1) is 0 Å². The normalized spacial score (nSPS) is 10.5. The quantitative estimate of drug-likeness (QED) is 0.762. The number of hydrogen-bond acceptors (Lipinski definition) is 1. The molecule has 2 aromatic rings. The number of aromatic amines is 1. The summed E-state index contributed by atoms with van der Waals surface area (Å²) in [5.41, 5.74) is 3.10. The van der Waals surface area contributed by atoms with Crippen LogP contribution in [0.25, 0.3) is 11.3 Å². The van der Waals surface area contributed by atoms with E-state index < -0.39 is 0 Å². The Morgan fingerprint density at radius 3 is 2.29 bits per heavy atom. The minimum Gasteiger partial charge on any atom is -0.333 e. The first kappa shape index (κ1) is 9.28. The third-order valence-electron chi connectivity index (χ3n) is 2.10. The van der Waals surface area contributed by atoms with Gasteiger partial charge >= 0.3 is 0 Å². The molecule has 0 radical (unpaired) electrons. The molecule has 0 bridgehead atoms. The Labute approximate surface area is 88.0 Å². The van der Waals surface area contributed by atoms with Crippen LogP contribution in [0, 0.1) is 13.8 Å². The van der Waals surface area contributed by atoms with Crippen molar-refractivity contribution in [1.29, 1.82) is 0 Å². The van der Waals surface area contributed by atoms with Crippen molar-refractivity contribution >= 4 is 11.6 Å². The molecule has 0 aliphatic carbocycles. The first-order valence-corrected chi connectivity index (χ1v) is 4.84. The molecule has 72 valence electrons. The Bertz CT molecular complexity index is 443. The maximum atomic E-state index is 6.00. The van der Waals surface area contributed by atoms with Crippen LogP contribution < -0.4 is 0 Å². The van der Waals surface area contributed by atoms with E-state index in [0.717, 1.165) is 17.1 Å². The second-order valence-electron chi connectivity index (χ2n) is 3.35. The molecular formula is C11H11ClN2.